The van der Waals surface area contributed by atoms with Gasteiger partial charge in [0, 0.05) is 0 Å². The van der Waals surface area contributed by atoms with E-state index in [9.17, 15) is 4.79 Å². The van der Waals surface area contributed by atoms with Gasteiger partial charge in [0.2, 0.25) is 0 Å². The Morgan fingerprint density at radius 1 is 1.57 bits per heavy atom. The zero-order valence-corrected chi connectivity index (χ0v) is 9.00. The van der Waals surface area contributed by atoms with Crippen LogP contribution >= 0.6 is 24.0 Å². The second-order valence-corrected chi connectivity index (χ2v) is 4.22. The molecule has 0 spiro atoms. The summed E-state index contributed by atoms with van der Waals surface area (Å²) in [6.45, 7) is 1.87. The zero-order chi connectivity index (χ0) is 10.1. The van der Waals surface area contributed by atoms with Crippen molar-refractivity contribution in [1.29, 1.82) is 0 Å². The lowest BCUT2D eigenvalue weighted by Gasteiger charge is -1.91. The molecule has 1 fully saturated rings. The van der Waals surface area contributed by atoms with Crippen molar-refractivity contribution in [3.63, 3.8) is 0 Å². The SMILES string of the molecule is Cc1ccc(/C=C2\SC(=O)NC2=S)o1. The molecule has 5 heteroatoms. The van der Waals surface area contributed by atoms with Gasteiger partial charge in [0.15, 0.2) is 0 Å². The monoisotopic (exact) mass is 225 g/mol. The molecule has 0 unspecified atom stereocenters. The first kappa shape index (κ1) is 9.48. The molecule has 0 saturated carbocycles. The molecule has 0 aliphatic carbocycles. The third-order valence-electron chi connectivity index (χ3n) is 1.68. The van der Waals surface area contributed by atoms with Crippen molar-refractivity contribution in [1.82, 2.24) is 5.32 Å². The molecule has 3 nitrogen and oxygen atoms in total. The summed E-state index contributed by atoms with van der Waals surface area (Å²) in [6.07, 6.45) is 1.76. The molecule has 14 heavy (non-hydrogen) atoms. The van der Waals surface area contributed by atoms with Gasteiger partial charge in [0.05, 0.1) is 4.91 Å². The minimum atomic E-state index is -0.135. The van der Waals surface area contributed by atoms with Crippen molar-refractivity contribution < 1.29 is 9.21 Å². The van der Waals surface area contributed by atoms with E-state index in [4.69, 9.17) is 16.6 Å². The summed E-state index contributed by atoms with van der Waals surface area (Å²) < 4.78 is 5.34. The van der Waals surface area contributed by atoms with Gasteiger partial charge in [-0.1, -0.05) is 12.2 Å². The second kappa shape index (κ2) is 3.59. The number of nitrogens with one attached hydrogen (secondary N) is 1. The van der Waals surface area contributed by atoms with Crippen LogP contribution < -0.4 is 5.32 Å². The Kier molecular flexibility index (Phi) is 2.43. The van der Waals surface area contributed by atoms with Crippen LogP contribution in [0.2, 0.25) is 0 Å². The number of rotatable bonds is 1. The molecule has 1 saturated heterocycles. The van der Waals surface area contributed by atoms with Crippen LogP contribution in [0, 0.1) is 6.92 Å². The number of thioether (sulfide) groups is 1. The first-order valence-electron chi connectivity index (χ1n) is 3.96. The number of aryl methyl sites for hydroxylation is 1. The summed E-state index contributed by atoms with van der Waals surface area (Å²) in [4.78, 5) is 12.2. The van der Waals surface area contributed by atoms with E-state index in [-0.39, 0.29) is 5.24 Å². The van der Waals surface area contributed by atoms with Crippen LogP contribution in [-0.4, -0.2) is 10.2 Å². The maximum Gasteiger partial charge on any atom is 0.289 e. The molecule has 1 amide bonds. The zero-order valence-electron chi connectivity index (χ0n) is 7.37. The standard InChI is InChI=1S/C9H7NO2S2/c1-5-2-3-6(12-5)4-7-8(13)10-9(11)14-7/h2-4H,1H3,(H,10,11,13)/b7-4-. The van der Waals surface area contributed by atoms with E-state index >= 15 is 0 Å². The highest BCUT2D eigenvalue weighted by Crippen LogP contribution is 2.26. The third-order valence-corrected chi connectivity index (χ3v) is 2.96. The van der Waals surface area contributed by atoms with E-state index in [2.05, 4.69) is 5.32 Å². The van der Waals surface area contributed by atoms with Gasteiger partial charge in [0.1, 0.15) is 16.5 Å². The van der Waals surface area contributed by atoms with Crippen LogP contribution in [-0.2, 0) is 0 Å². The molecule has 2 heterocycles. The van der Waals surface area contributed by atoms with Crippen molar-refractivity contribution in [2.45, 2.75) is 6.92 Å². The number of thiocarbonyl (C=S) groups is 1. The molecule has 1 aromatic heterocycles. The molecule has 0 aromatic carbocycles. The molecular weight excluding hydrogens is 218 g/mol. The average molecular weight is 225 g/mol. The van der Waals surface area contributed by atoms with Crippen LogP contribution in [0.5, 0.6) is 0 Å². The Bertz CT molecular complexity index is 434. The van der Waals surface area contributed by atoms with Gasteiger partial charge in [-0.15, -0.1) is 0 Å². The molecule has 1 N–H and O–H groups in total. The Labute approximate surface area is 90.5 Å². The Balaban J connectivity index is 2.27. The number of furan rings is 1. The smallest absolute Gasteiger partial charge is 0.289 e. The topological polar surface area (TPSA) is 42.2 Å². The van der Waals surface area contributed by atoms with Gasteiger partial charge in [-0.2, -0.15) is 0 Å². The van der Waals surface area contributed by atoms with Crippen LogP contribution in [0.1, 0.15) is 11.5 Å². The summed E-state index contributed by atoms with van der Waals surface area (Å²) in [7, 11) is 0. The Morgan fingerprint density at radius 3 is 2.86 bits per heavy atom. The number of amides is 1. The second-order valence-electron chi connectivity index (χ2n) is 2.80. The quantitative estimate of drug-likeness (QED) is 0.589. The molecule has 0 bridgehead atoms. The van der Waals surface area contributed by atoms with Gasteiger partial charge in [-0.05, 0) is 36.9 Å². The van der Waals surface area contributed by atoms with E-state index in [0.29, 0.717) is 10.7 Å². The maximum atomic E-state index is 11.0. The van der Waals surface area contributed by atoms with Gasteiger partial charge < -0.3 is 9.73 Å². The summed E-state index contributed by atoms with van der Waals surface area (Å²) in [6, 6.07) is 3.71. The van der Waals surface area contributed by atoms with Gasteiger partial charge >= 0.3 is 0 Å². The van der Waals surface area contributed by atoms with Crippen LogP contribution in [0.3, 0.4) is 0 Å². The summed E-state index contributed by atoms with van der Waals surface area (Å²) >= 11 is 6.05. The molecule has 1 aliphatic heterocycles. The fraction of sp³-hybridized carbons (Fsp3) is 0.111. The average Bonchev–Trinajstić information content (AvgIpc) is 2.61. The lowest BCUT2D eigenvalue weighted by atomic mass is 10.4. The van der Waals surface area contributed by atoms with Crippen molar-refractivity contribution in [3.05, 3.63) is 28.6 Å². The Hall–Kier alpha value is -1.07. The van der Waals surface area contributed by atoms with Crippen LogP contribution in [0.25, 0.3) is 6.08 Å². The van der Waals surface area contributed by atoms with E-state index in [0.717, 1.165) is 22.4 Å². The van der Waals surface area contributed by atoms with E-state index in [1.165, 1.54) is 0 Å². The van der Waals surface area contributed by atoms with Crippen LogP contribution in [0.4, 0.5) is 4.79 Å². The number of hydrogen-bond donors (Lipinski definition) is 1. The fourth-order valence-corrected chi connectivity index (χ4v) is 2.09. The number of carbonyl (C=O) groups is 1. The molecule has 0 atom stereocenters. The molecule has 1 aromatic rings. The highest BCUT2D eigenvalue weighted by molar-refractivity contribution is 8.19. The fourth-order valence-electron chi connectivity index (χ4n) is 1.08. The first-order chi connectivity index (χ1) is 6.65. The number of carbonyl (C=O) groups excluding carboxylic acids is 1. The van der Waals surface area contributed by atoms with E-state index in [1.54, 1.807) is 6.08 Å². The van der Waals surface area contributed by atoms with E-state index in [1.807, 2.05) is 19.1 Å². The Morgan fingerprint density at radius 2 is 2.36 bits per heavy atom. The molecule has 72 valence electrons. The number of hydrogen-bond acceptors (Lipinski definition) is 4. The third kappa shape index (κ3) is 1.88. The molecule has 2 rings (SSSR count). The molecule has 1 aliphatic rings. The highest BCUT2D eigenvalue weighted by Gasteiger charge is 2.21. The highest BCUT2D eigenvalue weighted by atomic mass is 32.2. The van der Waals surface area contributed by atoms with Gasteiger partial charge in [-0.3, -0.25) is 4.79 Å². The first-order valence-corrected chi connectivity index (χ1v) is 5.19. The van der Waals surface area contributed by atoms with Crippen LogP contribution in [0.15, 0.2) is 21.5 Å². The van der Waals surface area contributed by atoms with Crippen molar-refractivity contribution in [2.75, 3.05) is 0 Å². The van der Waals surface area contributed by atoms with E-state index < -0.39 is 0 Å². The summed E-state index contributed by atoms with van der Waals surface area (Å²) in [5, 5.41) is 2.40. The predicted octanol–water partition coefficient (Wildman–Crippen LogP) is 2.71. The predicted molar refractivity (Wildman–Crippen MR) is 60.1 cm³/mol. The normalized spacial score (nSPS) is 19.1. The van der Waals surface area contributed by atoms with Crippen molar-refractivity contribution in [2.24, 2.45) is 0 Å². The van der Waals surface area contributed by atoms with Crippen molar-refractivity contribution >= 4 is 40.3 Å². The maximum absolute atomic E-state index is 11.0. The summed E-state index contributed by atoms with van der Waals surface area (Å²) in [5.41, 5.74) is 0. The summed E-state index contributed by atoms with van der Waals surface area (Å²) in [5.74, 6) is 1.55. The molecular formula is C9H7NO2S2. The van der Waals surface area contributed by atoms with Gasteiger partial charge in [-0.25, -0.2) is 0 Å². The lowest BCUT2D eigenvalue weighted by molar-refractivity contribution is 0.265. The van der Waals surface area contributed by atoms with Gasteiger partial charge in [0.25, 0.3) is 5.24 Å². The van der Waals surface area contributed by atoms with Crippen molar-refractivity contribution in [3.8, 4) is 0 Å². The minimum absolute atomic E-state index is 0.135. The molecule has 0 radical (unpaired) electrons. The lowest BCUT2D eigenvalue weighted by Crippen LogP contribution is -2.15. The largest absolute Gasteiger partial charge is 0.462 e. The minimum Gasteiger partial charge on any atom is -0.462 e.